The molecule has 0 aliphatic heterocycles. The Balaban J connectivity index is 2.17. The quantitative estimate of drug-likeness (QED) is 0.854. The number of nitrogens with one attached hydrogen (secondary N) is 1. The van der Waals surface area contributed by atoms with E-state index in [0.29, 0.717) is 17.0 Å². The number of hydrogen-bond acceptors (Lipinski definition) is 5. The highest BCUT2D eigenvalue weighted by Gasteiger charge is 2.09. The van der Waals surface area contributed by atoms with Crippen LogP contribution in [0.2, 0.25) is 0 Å². The number of carbonyl (C=O) groups excluding carboxylic acids is 1. The van der Waals surface area contributed by atoms with Crippen molar-refractivity contribution in [2.75, 3.05) is 12.4 Å². The average molecular weight is 245 g/mol. The molecule has 0 aliphatic carbocycles. The molecule has 2 rings (SSSR count). The van der Waals surface area contributed by atoms with Gasteiger partial charge in [0.2, 0.25) is 0 Å². The zero-order chi connectivity index (χ0) is 13.0. The van der Waals surface area contributed by atoms with Gasteiger partial charge in [0.05, 0.1) is 25.2 Å². The predicted molar refractivity (Wildman–Crippen MR) is 64.6 cm³/mol. The highest BCUT2D eigenvalue weighted by atomic mass is 16.5. The number of nitrogens with zero attached hydrogens (tertiary/aromatic N) is 2. The molecule has 0 spiro atoms. The normalized spacial score (nSPS) is 9.83. The molecule has 0 saturated carbocycles. The second-order valence-corrected chi connectivity index (χ2v) is 3.47. The maximum Gasteiger partial charge on any atom is 0.255 e. The average Bonchev–Trinajstić information content (AvgIpc) is 2.39. The van der Waals surface area contributed by atoms with E-state index in [1.54, 1.807) is 6.07 Å². The van der Waals surface area contributed by atoms with Crippen LogP contribution in [-0.2, 0) is 0 Å². The van der Waals surface area contributed by atoms with Crippen LogP contribution in [0.3, 0.4) is 0 Å². The van der Waals surface area contributed by atoms with Crippen LogP contribution in [0.1, 0.15) is 10.4 Å². The number of anilines is 1. The Morgan fingerprint density at radius 1 is 1.33 bits per heavy atom. The van der Waals surface area contributed by atoms with Gasteiger partial charge in [-0.05, 0) is 18.2 Å². The Morgan fingerprint density at radius 3 is 2.67 bits per heavy atom. The van der Waals surface area contributed by atoms with E-state index in [1.807, 2.05) is 0 Å². The Labute approximate surface area is 103 Å². The molecule has 6 heteroatoms. The third-order valence-corrected chi connectivity index (χ3v) is 2.26. The Kier molecular flexibility index (Phi) is 3.38. The summed E-state index contributed by atoms with van der Waals surface area (Å²) in [4.78, 5) is 19.4. The maximum absolute atomic E-state index is 11.8. The lowest BCUT2D eigenvalue weighted by atomic mass is 10.2. The molecule has 0 radical (unpaired) electrons. The minimum atomic E-state index is -0.359. The molecule has 0 saturated heterocycles. The Morgan fingerprint density at radius 2 is 2.06 bits per heavy atom. The third-order valence-electron chi connectivity index (χ3n) is 2.26. The van der Waals surface area contributed by atoms with E-state index in [2.05, 4.69) is 15.3 Å². The van der Waals surface area contributed by atoms with Crippen LogP contribution in [0.5, 0.6) is 11.5 Å². The summed E-state index contributed by atoms with van der Waals surface area (Å²) in [6.07, 6.45) is 4.33. The number of benzene rings is 1. The monoisotopic (exact) mass is 245 g/mol. The Bertz CT molecular complexity index is 558. The first-order chi connectivity index (χ1) is 8.70. The fourth-order valence-corrected chi connectivity index (χ4v) is 1.40. The second kappa shape index (κ2) is 5.13. The summed E-state index contributed by atoms with van der Waals surface area (Å²) in [6, 6.07) is 4.40. The van der Waals surface area contributed by atoms with Crippen LogP contribution in [0.4, 0.5) is 5.69 Å². The first-order valence-corrected chi connectivity index (χ1v) is 5.14. The molecule has 1 aromatic heterocycles. The summed E-state index contributed by atoms with van der Waals surface area (Å²) >= 11 is 0. The SMILES string of the molecule is COc1ccc(C(=O)Nc2cncnc2)cc1O. The molecule has 0 unspecified atom stereocenters. The molecule has 6 nitrogen and oxygen atoms in total. The van der Waals surface area contributed by atoms with E-state index in [-0.39, 0.29) is 11.7 Å². The first kappa shape index (κ1) is 11.8. The highest BCUT2D eigenvalue weighted by Crippen LogP contribution is 2.26. The number of aromatic hydroxyl groups is 1. The lowest BCUT2D eigenvalue weighted by Crippen LogP contribution is -2.12. The molecule has 2 N–H and O–H groups in total. The van der Waals surface area contributed by atoms with E-state index >= 15 is 0 Å². The smallest absolute Gasteiger partial charge is 0.255 e. The minimum absolute atomic E-state index is 0.0885. The molecule has 0 fully saturated rings. The number of aromatic nitrogens is 2. The molecule has 0 aliphatic rings. The lowest BCUT2D eigenvalue weighted by Gasteiger charge is -2.07. The topological polar surface area (TPSA) is 84.3 Å². The van der Waals surface area contributed by atoms with Gasteiger partial charge in [-0.1, -0.05) is 0 Å². The van der Waals surface area contributed by atoms with Gasteiger partial charge in [0.1, 0.15) is 6.33 Å². The van der Waals surface area contributed by atoms with Crippen molar-refractivity contribution in [3.8, 4) is 11.5 Å². The predicted octanol–water partition coefficient (Wildman–Crippen LogP) is 1.44. The summed E-state index contributed by atoms with van der Waals surface area (Å²) in [6.45, 7) is 0. The van der Waals surface area contributed by atoms with Crippen LogP contribution in [0, 0.1) is 0 Å². The fraction of sp³-hybridized carbons (Fsp3) is 0.0833. The van der Waals surface area contributed by atoms with E-state index in [0.717, 1.165) is 0 Å². The van der Waals surface area contributed by atoms with Gasteiger partial charge >= 0.3 is 0 Å². The number of phenols is 1. The zero-order valence-electron chi connectivity index (χ0n) is 9.62. The lowest BCUT2D eigenvalue weighted by molar-refractivity contribution is 0.102. The third kappa shape index (κ3) is 2.54. The minimum Gasteiger partial charge on any atom is -0.504 e. The summed E-state index contributed by atoms with van der Waals surface area (Å²) in [5, 5.41) is 12.2. The van der Waals surface area contributed by atoms with Gasteiger partial charge in [-0.3, -0.25) is 4.79 Å². The fourth-order valence-electron chi connectivity index (χ4n) is 1.40. The Hall–Kier alpha value is -2.63. The van der Waals surface area contributed by atoms with Crippen molar-refractivity contribution in [2.45, 2.75) is 0 Å². The number of carbonyl (C=O) groups is 1. The van der Waals surface area contributed by atoms with Gasteiger partial charge in [0.25, 0.3) is 5.91 Å². The van der Waals surface area contributed by atoms with Crippen LogP contribution in [-0.4, -0.2) is 28.1 Å². The number of amides is 1. The van der Waals surface area contributed by atoms with Gasteiger partial charge in [0.15, 0.2) is 11.5 Å². The maximum atomic E-state index is 11.8. The molecule has 0 bridgehead atoms. The molecule has 2 aromatic rings. The molecular weight excluding hydrogens is 234 g/mol. The highest BCUT2D eigenvalue weighted by molar-refractivity contribution is 6.04. The first-order valence-electron chi connectivity index (χ1n) is 5.14. The van der Waals surface area contributed by atoms with Crippen LogP contribution < -0.4 is 10.1 Å². The van der Waals surface area contributed by atoms with Gasteiger partial charge < -0.3 is 15.2 Å². The van der Waals surface area contributed by atoms with E-state index in [1.165, 1.54) is 38.0 Å². The van der Waals surface area contributed by atoms with Gasteiger partial charge in [-0.2, -0.15) is 0 Å². The van der Waals surface area contributed by atoms with Crippen molar-refractivity contribution < 1.29 is 14.6 Å². The van der Waals surface area contributed by atoms with E-state index in [9.17, 15) is 9.90 Å². The summed E-state index contributed by atoms with van der Waals surface area (Å²) in [7, 11) is 1.44. The summed E-state index contributed by atoms with van der Waals surface area (Å²) in [5.41, 5.74) is 0.801. The standard InChI is InChI=1S/C12H11N3O3/c1-18-11-3-2-8(4-10(11)16)12(17)15-9-5-13-7-14-6-9/h2-7,16H,1H3,(H,15,17). The van der Waals surface area contributed by atoms with Crippen molar-refractivity contribution in [3.05, 3.63) is 42.5 Å². The molecular formula is C12H11N3O3. The summed E-state index contributed by atoms with van der Waals surface area (Å²) in [5.74, 6) is -0.133. The van der Waals surface area contributed by atoms with Gasteiger partial charge in [0, 0.05) is 5.56 Å². The van der Waals surface area contributed by atoms with Crippen molar-refractivity contribution in [2.24, 2.45) is 0 Å². The van der Waals surface area contributed by atoms with Crippen molar-refractivity contribution in [1.29, 1.82) is 0 Å². The van der Waals surface area contributed by atoms with E-state index in [4.69, 9.17) is 4.74 Å². The molecule has 18 heavy (non-hydrogen) atoms. The van der Waals surface area contributed by atoms with Crippen molar-refractivity contribution >= 4 is 11.6 Å². The number of rotatable bonds is 3. The number of ether oxygens (including phenoxy) is 1. The van der Waals surface area contributed by atoms with Gasteiger partial charge in [-0.15, -0.1) is 0 Å². The van der Waals surface area contributed by atoms with Crippen LogP contribution in [0.15, 0.2) is 36.9 Å². The van der Waals surface area contributed by atoms with Crippen LogP contribution >= 0.6 is 0 Å². The summed E-state index contributed by atoms with van der Waals surface area (Å²) < 4.78 is 4.90. The van der Waals surface area contributed by atoms with E-state index < -0.39 is 0 Å². The largest absolute Gasteiger partial charge is 0.504 e. The second-order valence-electron chi connectivity index (χ2n) is 3.47. The van der Waals surface area contributed by atoms with Gasteiger partial charge in [-0.25, -0.2) is 9.97 Å². The van der Waals surface area contributed by atoms with Crippen molar-refractivity contribution in [3.63, 3.8) is 0 Å². The number of phenolic OH excluding ortho intramolecular Hbond substituents is 1. The molecule has 1 amide bonds. The van der Waals surface area contributed by atoms with Crippen molar-refractivity contribution in [1.82, 2.24) is 9.97 Å². The molecule has 0 atom stereocenters. The zero-order valence-corrected chi connectivity index (χ0v) is 9.62. The van der Waals surface area contributed by atoms with Crippen LogP contribution in [0.25, 0.3) is 0 Å². The molecule has 92 valence electrons. The molecule has 1 aromatic carbocycles. The number of methoxy groups -OCH3 is 1. The number of hydrogen-bond donors (Lipinski definition) is 2. The molecule has 1 heterocycles.